The number of unbranched alkanes of at least 4 members (excludes halogenated alkanes) is 1. The number of likely N-dealkylation sites (tertiary alicyclic amines) is 1. The van der Waals surface area contributed by atoms with Crippen molar-refractivity contribution >= 4 is 21.7 Å². The molecule has 4 heterocycles. The highest BCUT2D eigenvalue weighted by Crippen LogP contribution is 2.46. The number of hydrogen-bond donors (Lipinski definition) is 1. The molecule has 0 amide bonds. The molecule has 0 radical (unpaired) electrons. The van der Waals surface area contributed by atoms with Gasteiger partial charge in [-0.3, -0.25) is 14.5 Å². The minimum atomic E-state index is -0.495. The number of hydrogen-bond acceptors (Lipinski definition) is 7. The van der Waals surface area contributed by atoms with Crippen LogP contribution in [0.25, 0.3) is 21.7 Å². The first kappa shape index (κ1) is 21.8. The minimum absolute atomic E-state index is 0.285. The lowest BCUT2D eigenvalue weighted by Gasteiger charge is -2.29. The number of benzene rings is 2. The van der Waals surface area contributed by atoms with Gasteiger partial charge in [0.2, 0.25) is 0 Å². The number of aromatic nitrogens is 4. The van der Waals surface area contributed by atoms with Gasteiger partial charge >= 0.3 is 5.69 Å². The van der Waals surface area contributed by atoms with Gasteiger partial charge in [0.25, 0.3) is 5.56 Å². The van der Waals surface area contributed by atoms with Crippen LogP contribution < -0.4 is 20.7 Å². The lowest BCUT2D eigenvalue weighted by molar-refractivity contribution is 0.209. The molecule has 6 rings (SSSR count). The van der Waals surface area contributed by atoms with Gasteiger partial charge in [0.1, 0.15) is 11.5 Å². The number of H-pyrrole nitrogens is 1. The van der Waals surface area contributed by atoms with Crippen LogP contribution in [-0.2, 0) is 6.54 Å². The van der Waals surface area contributed by atoms with Crippen molar-refractivity contribution in [3.8, 4) is 11.5 Å². The molecular weight excluding hydrogens is 446 g/mol. The van der Waals surface area contributed by atoms with E-state index in [1.807, 2.05) is 18.2 Å². The van der Waals surface area contributed by atoms with Crippen molar-refractivity contribution < 1.29 is 9.47 Å². The highest BCUT2D eigenvalue weighted by atomic mass is 16.5. The number of ether oxygens (including phenoxy) is 2. The van der Waals surface area contributed by atoms with Crippen molar-refractivity contribution in [2.45, 2.75) is 25.3 Å². The van der Waals surface area contributed by atoms with Crippen LogP contribution in [0.5, 0.6) is 11.5 Å². The second-order valence-electron chi connectivity index (χ2n) is 9.40. The Morgan fingerprint density at radius 2 is 2.03 bits per heavy atom. The van der Waals surface area contributed by atoms with Crippen LogP contribution >= 0.6 is 0 Å². The van der Waals surface area contributed by atoms with Crippen LogP contribution in [0.2, 0.25) is 0 Å². The molecule has 35 heavy (non-hydrogen) atoms. The summed E-state index contributed by atoms with van der Waals surface area (Å²) in [6.45, 7) is 3.94. The quantitative estimate of drug-likeness (QED) is 0.339. The molecule has 9 heteroatoms. The first-order valence-corrected chi connectivity index (χ1v) is 12.0. The molecule has 2 aliphatic rings. The topological polar surface area (TPSA) is 102 Å². The molecule has 9 nitrogen and oxygen atoms in total. The third-order valence-corrected chi connectivity index (χ3v) is 7.31. The maximum Gasteiger partial charge on any atom is 0.351 e. The molecule has 2 aromatic carbocycles. The molecule has 1 fully saturated rings. The Kier molecular flexibility index (Phi) is 5.49. The van der Waals surface area contributed by atoms with E-state index in [1.165, 1.54) is 10.1 Å². The summed E-state index contributed by atoms with van der Waals surface area (Å²) < 4.78 is 12.9. The van der Waals surface area contributed by atoms with E-state index in [1.54, 1.807) is 31.6 Å². The number of rotatable bonds is 6. The number of methoxy groups -OCH3 is 1. The number of nitrogens with one attached hydrogen (secondary N) is 1. The molecule has 0 bridgehead atoms. The first-order chi connectivity index (χ1) is 17.1. The van der Waals surface area contributed by atoms with E-state index in [2.05, 4.69) is 20.1 Å². The Balaban J connectivity index is 1.13. The zero-order valence-corrected chi connectivity index (χ0v) is 19.6. The molecule has 0 spiro atoms. The molecule has 180 valence electrons. The number of aromatic amines is 1. The normalized spacial score (nSPS) is 19.5. The molecule has 2 aromatic heterocycles. The Morgan fingerprint density at radius 3 is 2.91 bits per heavy atom. The average Bonchev–Trinajstić information content (AvgIpc) is 3.30. The summed E-state index contributed by atoms with van der Waals surface area (Å²) in [7, 11) is 1.71. The van der Waals surface area contributed by atoms with Gasteiger partial charge in [0.15, 0.2) is 0 Å². The SMILES string of the molecule is COc1cccc2c1[C@@H]1CN(CCCCn3c(=O)nc4cc5cn[nH]cc5cc4c3=O)C[C@@H]1CO2. The summed E-state index contributed by atoms with van der Waals surface area (Å²) in [5.74, 6) is 2.67. The maximum absolute atomic E-state index is 13.1. The Hall–Kier alpha value is -3.72. The second-order valence-corrected chi connectivity index (χ2v) is 9.40. The molecule has 2 aliphatic heterocycles. The van der Waals surface area contributed by atoms with E-state index in [-0.39, 0.29) is 5.56 Å². The largest absolute Gasteiger partial charge is 0.496 e. The maximum atomic E-state index is 13.1. The van der Waals surface area contributed by atoms with Gasteiger partial charge in [-0.2, -0.15) is 10.1 Å². The van der Waals surface area contributed by atoms with Crippen LogP contribution in [0.3, 0.4) is 0 Å². The van der Waals surface area contributed by atoms with Crippen LogP contribution in [0.15, 0.2) is 52.3 Å². The van der Waals surface area contributed by atoms with Crippen molar-refractivity contribution in [1.82, 2.24) is 24.6 Å². The van der Waals surface area contributed by atoms with Crippen molar-refractivity contribution in [2.24, 2.45) is 5.92 Å². The van der Waals surface area contributed by atoms with E-state index < -0.39 is 5.69 Å². The van der Waals surface area contributed by atoms with Gasteiger partial charge in [0, 0.05) is 54.0 Å². The molecule has 2 atom stereocenters. The van der Waals surface area contributed by atoms with Crippen molar-refractivity contribution in [1.29, 1.82) is 0 Å². The zero-order valence-electron chi connectivity index (χ0n) is 19.6. The highest BCUT2D eigenvalue weighted by molar-refractivity contribution is 5.95. The molecular formula is C26H27N5O4. The summed E-state index contributed by atoms with van der Waals surface area (Å²) in [5, 5.41) is 8.90. The summed E-state index contributed by atoms with van der Waals surface area (Å²) in [4.78, 5) is 32.3. The van der Waals surface area contributed by atoms with Gasteiger partial charge in [-0.1, -0.05) is 6.07 Å². The number of nitrogens with zero attached hydrogens (tertiary/aromatic N) is 4. The van der Waals surface area contributed by atoms with E-state index in [4.69, 9.17) is 9.47 Å². The molecule has 1 N–H and O–H groups in total. The molecule has 1 saturated heterocycles. The van der Waals surface area contributed by atoms with Crippen LogP contribution in [-0.4, -0.2) is 58.0 Å². The average molecular weight is 474 g/mol. The lowest BCUT2D eigenvalue weighted by Crippen LogP contribution is -2.35. The Bertz CT molecular complexity index is 1510. The van der Waals surface area contributed by atoms with Crippen LogP contribution in [0.4, 0.5) is 0 Å². The Morgan fingerprint density at radius 1 is 1.14 bits per heavy atom. The minimum Gasteiger partial charge on any atom is -0.496 e. The Labute approximate surface area is 201 Å². The molecule has 4 aromatic rings. The van der Waals surface area contributed by atoms with Gasteiger partial charge < -0.3 is 14.4 Å². The van der Waals surface area contributed by atoms with E-state index >= 15 is 0 Å². The highest BCUT2D eigenvalue weighted by Gasteiger charge is 2.40. The number of fused-ring (bicyclic) bond motifs is 5. The first-order valence-electron chi connectivity index (χ1n) is 12.0. The fraction of sp³-hybridized carbons (Fsp3) is 0.385. The van der Waals surface area contributed by atoms with E-state index in [0.717, 1.165) is 61.4 Å². The van der Waals surface area contributed by atoms with Gasteiger partial charge in [-0.05, 0) is 43.7 Å². The predicted molar refractivity (Wildman–Crippen MR) is 132 cm³/mol. The monoisotopic (exact) mass is 473 g/mol. The summed E-state index contributed by atoms with van der Waals surface area (Å²) in [5.41, 5.74) is 0.811. The molecule has 0 aliphatic carbocycles. The summed E-state index contributed by atoms with van der Waals surface area (Å²) >= 11 is 0. The zero-order chi connectivity index (χ0) is 23.9. The fourth-order valence-electron chi connectivity index (χ4n) is 5.56. The molecule has 0 saturated carbocycles. The van der Waals surface area contributed by atoms with Gasteiger partial charge in [-0.25, -0.2) is 4.79 Å². The van der Waals surface area contributed by atoms with Crippen molar-refractivity contribution in [3.63, 3.8) is 0 Å². The third kappa shape index (κ3) is 3.85. The van der Waals surface area contributed by atoms with Crippen molar-refractivity contribution in [2.75, 3.05) is 33.4 Å². The standard InChI is InChI=1S/C26H27N5O4/c1-34-22-5-4-6-23-24(22)20-14-30(13-18(20)15-35-23)7-2-3-8-31-25(32)19-9-16-11-27-28-12-17(16)10-21(19)29-26(31)33/h4-6,9-12,18,20,27H,2-3,7-8,13-15H2,1H3/t18-,20-/m1/s1. The van der Waals surface area contributed by atoms with Crippen LogP contribution in [0, 0.1) is 5.92 Å². The summed E-state index contributed by atoms with van der Waals surface area (Å²) in [6, 6.07) is 9.50. The van der Waals surface area contributed by atoms with Gasteiger partial charge in [-0.15, -0.1) is 0 Å². The predicted octanol–water partition coefficient (Wildman–Crippen LogP) is 2.53. The third-order valence-electron chi connectivity index (χ3n) is 7.31. The van der Waals surface area contributed by atoms with Gasteiger partial charge in [0.05, 0.1) is 30.8 Å². The fourth-order valence-corrected chi connectivity index (χ4v) is 5.56. The summed E-state index contributed by atoms with van der Waals surface area (Å²) in [6.07, 6.45) is 5.01. The van der Waals surface area contributed by atoms with Crippen LogP contribution in [0.1, 0.15) is 24.3 Å². The molecule has 0 unspecified atom stereocenters. The van der Waals surface area contributed by atoms with E-state index in [9.17, 15) is 9.59 Å². The second kappa shape index (κ2) is 8.81. The lowest BCUT2D eigenvalue weighted by atomic mass is 9.86. The van der Waals surface area contributed by atoms with E-state index in [0.29, 0.717) is 29.3 Å². The van der Waals surface area contributed by atoms with Crippen molar-refractivity contribution in [3.05, 3.63) is 69.1 Å². The smallest absolute Gasteiger partial charge is 0.351 e.